The smallest absolute Gasteiger partial charge is 0.282 e. The Kier molecular flexibility index (Phi) is 4.43. The molecule has 0 radical (unpaired) electrons. The molecule has 21 heavy (non-hydrogen) atoms. The fraction of sp³-hybridized carbons (Fsp3) is 0.188. The van der Waals surface area contributed by atoms with Gasteiger partial charge in [-0.05, 0) is 55.8 Å². The molecule has 0 spiro atoms. The highest BCUT2D eigenvalue weighted by atomic mass is 32.2. The molecule has 0 fully saturated rings. The Balaban J connectivity index is 2.33. The molecule has 110 valence electrons. The average molecular weight is 303 g/mol. The van der Waals surface area contributed by atoms with Crippen LogP contribution in [0.1, 0.15) is 18.1 Å². The van der Waals surface area contributed by atoms with E-state index >= 15 is 0 Å². The Hall–Kier alpha value is -2.14. The van der Waals surface area contributed by atoms with Crippen molar-refractivity contribution in [3.05, 3.63) is 59.7 Å². The zero-order valence-corrected chi connectivity index (χ0v) is 13.0. The van der Waals surface area contributed by atoms with Crippen molar-refractivity contribution in [3.63, 3.8) is 0 Å². The number of benzene rings is 2. The van der Waals surface area contributed by atoms with Crippen LogP contribution >= 0.6 is 0 Å². The first-order chi connectivity index (χ1) is 9.92. The van der Waals surface area contributed by atoms with E-state index in [0.717, 1.165) is 11.1 Å². The Morgan fingerprint density at radius 2 is 1.57 bits per heavy atom. The number of rotatable bonds is 4. The fourth-order valence-electron chi connectivity index (χ4n) is 1.83. The number of sulfonamides is 1. The van der Waals surface area contributed by atoms with E-state index in [2.05, 4.69) is 4.40 Å². The molecule has 2 rings (SSSR count). The molecule has 0 bridgehead atoms. The highest BCUT2D eigenvalue weighted by Crippen LogP contribution is 2.16. The van der Waals surface area contributed by atoms with Crippen LogP contribution in [0.15, 0.2) is 57.8 Å². The summed E-state index contributed by atoms with van der Waals surface area (Å²) in [5.41, 5.74) is 2.19. The molecular formula is C16H17NO3S. The van der Waals surface area contributed by atoms with E-state index in [1.165, 1.54) is 0 Å². The summed E-state index contributed by atoms with van der Waals surface area (Å²) >= 11 is 0. The van der Waals surface area contributed by atoms with E-state index in [1.807, 2.05) is 6.92 Å². The van der Waals surface area contributed by atoms with Gasteiger partial charge in [0.2, 0.25) is 0 Å². The summed E-state index contributed by atoms with van der Waals surface area (Å²) in [5, 5.41) is 0. The summed E-state index contributed by atoms with van der Waals surface area (Å²) < 4.78 is 33.4. The van der Waals surface area contributed by atoms with Crippen LogP contribution in [-0.4, -0.2) is 21.2 Å². The third-order valence-corrected chi connectivity index (χ3v) is 4.47. The number of ether oxygens (including phenoxy) is 1. The molecule has 0 atom stereocenters. The summed E-state index contributed by atoms with van der Waals surface area (Å²) in [6.45, 7) is 3.58. The summed E-state index contributed by atoms with van der Waals surface area (Å²) in [4.78, 5) is 0.195. The van der Waals surface area contributed by atoms with Crippen LogP contribution in [0.5, 0.6) is 5.75 Å². The molecule has 0 aliphatic carbocycles. The first-order valence-electron chi connectivity index (χ1n) is 6.45. The van der Waals surface area contributed by atoms with Gasteiger partial charge in [-0.25, -0.2) is 0 Å². The standard InChI is InChI=1S/C16H17NO3S/c1-12-4-10-16(11-5-12)21(18,19)17-13(2)14-6-8-15(20-3)9-7-14/h4-11H,1-3H3/b17-13+. The van der Waals surface area contributed by atoms with Gasteiger partial charge in [0.15, 0.2) is 0 Å². The van der Waals surface area contributed by atoms with Gasteiger partial charge in [0, 0.05) is 0 Å². The summed E-state index contributed by atoms with van der Waals surface area (Å²) in [6, 6.07) is 13.7. The minimum Gasteiger partial charge on any atom is -0.497 e. The number of methoxy groups -OCH3 is 1. The van der Waals surface area contributed by atoms with Crippen molar-refractivity contribution in [2.75, 3.05) is 7.11 Å². The second kappa shape index (κ2) is 6.10. The Labute approximate surface area is 125 Å². The van der Waals surface area contributed by atoms with Crippen molar-refractivity contribution >= 4 is 15.7 Å². The lowest BCUT2D eigenvalue weighted by Gasteiger charge is -2.04. The van der Waals surface area contributed by atoms with Gasteiger partial charge < -0.3 is 4.74 Å². The lowest BCUT2D eigenvalue weighted by molar-refractivity contribution is 0.415. The molecule has 0 saturated heterocycles. The third-order valence-electron chi connectivity index (χ3n) is 3.08. The first kappa shape index (κ1) is 15.3. The Morgan fingerprint density at radius 3 is 2.10 bits per heavy atom. The average Bonchev–Trinajstić information content (AvgIpc) is 2.47. The van der Waals surface area contributed by atoms with E-state index in [1.54, 1.807) is 62.6 Å². The number of aryl methyl sites for hydroxylation is 1. The van der Waals surface area contributed by atoms with Crippen molar-refractivity contribution in [2.24, 2.45) is 4.40 Å². The van der Waals surface area contributed by atoms with Crippen molar-refractivity contribution in [2.45, 2.75) is 18.7 Å². The lowest BCUT2D eigenvalue weighted by atomic mass is 10.1. The first-order valence-corrected chi connectivity index (χ1v) is 7.89. The molecule has 0 aromatic heterocycles. The maximum absolute atomic E-state index is 12.2. The quantitative estimate of drug-likeness (QED) is 0.815. The van der Waals surface area contributed by atoms with Crippen molar-refractivity contribution in [1.82, 2.24) is 0 Å². The van der Waals surface area contributed by atoms with Gasteiger partial charge >= 0.3 is 0 Å². The highest BCUT2D eigenvalue weighted by molar-refractivity contribution is 7.90. The van der Waals surface area contributed by atoms with E-state index in [4.69, 9.17) is 4.74 Å². The Bertz CT molecular complexity index is 745. The molecule has 4 nitrogen and oxygen atoms in total. The van der Waals surface area contributed by atoms with Crippen LogP contribution < -0.4 is 4.74 Å². The molecule has 0 aliphatic heterocycles. The summed E-state index contributed by atoms with van der Waals surface area (Å²) in [5.74, 6) is 0.716. The minimum atomic E-state index is -3.68. The predicted octanol–water partition coefficient (Wildman–Crippen LogP) is 3.20. The maximum Gasteiger partial charge on any atom is 0.282 e. The second-order valence-electron chi connectivity index (χ2n) is 4.69. The fourth-order valence-corrected chi connectivity index (χ4v) is 2.88. The number of hydrogen-bond donors (Lipinski definition) is 0. The normalized spacial score (nSPS) is 12.2. The van der Waals surface area contributed by atoms with Gasteiger partial charge in [0.25, 0.3) is 10.0 Å². The monoisotopic (exact) mass is 303 g/mol. The molecular weight excluding hydrogens is 286 g/mol. The molecule has 0 saturated carbocycles. The molecule has 5 heteroatoms. The van der Waals surface area contributed by atoms with Gasteiger partial charge in [-0.15, -0.1) is 0 Å². The van der Waals surface area contributed by atoms with Crippen molar-refractivity contribution in [1.29, 1.82) is 0 Å². The molecule has 0 unspecified atom stereocenters. The molecule has 2 aromatic carbocycles. The summed E-state index contributed by atoms with van der Waals surface area (Å²) in [6.07, 6.45) is 0. The van der Waals surface area contributed by atoms with E-state index in [0.29, 0.717) is 11.5 Å². The maximum atomic E-state index is 12.2. The van der Waals surface area contributed by atoms with E-state index < -0.39 is 10.0 Å². The number of hydrogen-bond acceptors (Lipinski definition) is 3. The highest BCUT2D eigenvalue weighted by Gasteiger charge is 2.13. The van der Waals surface area contributed by atoms with Gasteiger partial charge in [-0.2, -0.15) is 12.8 Å². The minimum absolute atomic E-state index is 0.195. The molecule has 0 N–H and O–H groups in total. The van der Waals surface area contributed by atoms with Gasteiger partial charge in [-0.3, -0.25) is 0 Å². The van der Waals surface area contributed by atoms with E-state index in [-0.39, 0.29) is 4.90 Å². The van der Waals surface area contributed by atoms with Crippen LogP contribution in [-0.2, 0) is 10.0 Å². The second-order valence-corrected chi connectivity index (χ2v) is 6.30. The SMILES string of the molecule is COc1ccc(/C(C)=N/S(=O)(=O)c2ccc(C)cc2)cc1. The number of nitrogens with zero attached hydrogens (tertiary/aromatic N) is 1. The Morgan fingerprint density at radius 1 is 1.00 bits per heavy atom. The molecule has 2 aromatic rings. The van der Waals surface area contributed by atoms with Crippen LogP contribution in [0.2, 0.25) is 0 Å². The van der Waals surface area contributed by atoms with Gasteiger partial charge in [0.05, 0.1) is 17.7 Å². The van der Waals surface area contributed by atoms with Gasteiger partial charge in [0.1, 0.15) is 5.75 Å². The van der Waals surface area contributed by atoms with E-state index in [9.17, 15) is 8.42 Å². The van der Waals surface area contributed by atoms with Crippen LogP contribution in [0.3, 0.4) is 0 Å². The predicted molar refractivity (Wildman–Crippen MR) is 83.6 cm³/mol. The molecule has 0 aliphatic rings. The lowest BCUT2D eigenvalue weighted by Crippen LogP contribution is -2.03. The molecule has 0 heterocycles. The van der Waals surface area contributed by atoms with Crippen LogP contribution in [0, 0.1) is 6.92 Å². The van der Waals surface area contributed by atoms with Crippen LogP contribution in [0.25, 0.3) is 0 Å². The summed E-state index contributed by atoms with van der Waals surface area (Å²) in [7, 11) is -2.10. The third kappa shape index (κ3) is 3.70. The van der Waals surface area contributed by atoms with Crippen molar-refractivity contribution < 1.29 is 13.2 Å². The van der Waals surface area contributed by atoms with Gasteiger partial charge in [-0.1, -0.05) is 17.7 Å². The zero-order chi connectivity index (χ0) is 15.5. The zero-order valence-electron chi connectivity index (χ0n) is 12.2. The van der Waals surface area contributed by atoms with Crippen molar-refractivity contribution in [3.8, 4) is 5.75 Å². The largest absolute Gasteiger partial charge is 0.497 e. The topological polar surface area (TPSA) is 55.7 Å². The molecule has 0 amide bonds. The van der Waals surface area contributed by atoms with Crippen LogP contribution in [0.4, 0.5) is 0 Å².